The van der Waals surface area contributed by atoms with Crippen LogP contribution in [0.4, 0.5) is 0 Å². The molecule has 2 saturated heterocycles. The van der Waals surface area contributed by atoms with Crippen LogP contribution in [0.25, 0.3) is 11.0 Å². The molecule has 3 heterocycles. The first-order valence-electron chi connectivity index (χ1n) is 11.3. The SMILES string of the molecule is CC(C)Cc1nc2ccc(C(=O)N3CCN4[C@@H](COC[C@@H]4C)C3)cc2n1CCCN. The van der Waals surface area contributed by atoms with Crippen LogP contribution in [-0.2, 0) is 17.7 Å². The summed E-state index contributed by atoms with van der Waals surface area (Å²) in [4.78, 5) is 22.6. The summed E-state index contributed by atoms with van der Waals surface area (Å²) in [7, 11) is 0. The number of hydrogen-bond donors (Lipinski definition) is 1. The maximum atomic E-state index is 13.3. The van der Waals surface area contributed by atoms with Gasteiger partial charge in [0.25, 0.3) is 5.91 Å². The first-order chi connectivity index (χ1) is 14.5. The number of morpholine rings is 1. The number of aryl methyl sites for hydroxylation is 1. The Morgan fingerprint density at radius 1 is 1.30 bits per heavy atom. The van der Waals surface area contributed by atoms with E-state index in [2.05, 4.69) is 30.2 Å². The van der Waals surface area contributed by atoms with Crippen LogP contribution in [0.2, 0.25) is 0 Å². The molecular formula is C23H35N5O2. The van der Waals surface area contributed by atoms with Gasteiger partial charge >= 0.3 is 0 Å². The fraction of sp³-hybridized carbons (Fsp3) is 0.652. The number of ether oxygens (including phenoxy) is 1. The molecule has 164 valence electrons. The van der Waals surface area contributed by atoms with Crippen molar-refractivity contribution in [3.63, 3.8) is 0 Å². The number of hydrogen-bond acceptors (Lipinski definition) is 5. The highest BCUT2D eigenvalue weighted by molar-refractivity contribution is 5.97. The van der Waals surface area contributed by atoms with Crippen molar-refractivity contribution in [2.45, 2.75) is 52.2 Å². The summed E-state index contributed by atoms with van der Waals surface area (Å²) in [6.45, 7) is 12.0. The minimum absolute atomic E-state index is 0.103. The topological polar surface area (TPSA) is 76.6 Å². The van der Waals surface area contributed by atoms with Crippen molar-refractivity contribution in [2.75, 3.05) is 39.4 Å². The van der Waals surface area contributed by atoms with E-state index in [1.165, 1.54) is 0 Å². The van der Waals surface area contributed by atoms with Gasteiger partial charge in [0.05, 0.1) is 30.3 Å². The zero-order valence-electron chi connectivity index (χ0n) is 18.5. The lowest BCUT2D eigenvalue weighted by molar-refractivity contribution is -0.0699. The quantitative estimate of drug-likeness (QED) is 0.785. The molecule has 1 aromatic heterocycles. The molecule has 2 atom stereocenters. The number of benzene rings is 1. The molecule has 2 aliphatic heterocycles. The second-order valence-electron chi connectivity index (χ2n) is 9.15. The first kappa shape index (κ1) is 21.3. The number of aromatic nitrogens is 2. The molecule has 0 unspecified atom stereocenters. The molecule has 1 aromatic carbocycles. The van der Waals surface area contributed by atoms with E-state index < -0.39 is 0 Å². The zero-order valence-corrected chi connectivity index (χ0v) is 18.5. The van der Waals surface area contributed by atoms with Gasteiger partial charge in [-0.1, -0.05) is 13.8 Å². The molecule has 0 spiro atoms. The lowest BCUT2D eigenvalue weighted by Crippen LogP contribution is -2.62. The zero-order chi connectivity index (χ0) is 21.3. The smallest absolute Gasteiger partial charge is 0.254 e. The van der Waals surface area contributed by atoms with Crippen molar-refractivity contribution in [2.24, 2.45) is 11.7 Å². The number of carbonyl (C=O) groups excluding carboxylic acids is 1. The van der Waals surface area contributed by atoms with Gasteiger partial charge in [0.2, 0.25) is 0 Å². The van der Waals surface area contributed by atoms with Crippen LogP contribution in [0.5, 0.6) is 0 Å². The maximum absolute atomic E-state index is 13.3. The Morgan fingerprint density at radius 2 is 2.13 bits per heavy atom. The van der Waals surface area contributed by atoms with Crippen LogP contribution in [0.3, 0.4) is 0 Å². The van der Waals surface area contributed by atoms with Crippen molar-refractivity contribution in [3.05, 3.63) is 29.6 Å². The predicted molar refractivity (Wildman–Crippen MR) is 119 cm³/mol. The largest absolute Gasteiger partial charge is 0.378 e. The molecule has 30 heavy (non-hydrogen) atoms. The number of nitrogens with zero attached hydrogens (tertiary/aromatic N) is 4. The summed E-state index contributed by atoms with van der Waals surface area (Å²) in [5.74, 6) is 1.71. The fourth-order valence-corrected chi connectivity index (χ4v) is 4.76. The van der Waals surface area contributed by atoms with Crippen LogP contribution in [0, 0.1) is 5.92 Å². The number of nitrogens with two attached hydrogens (primary N) is 1. The van der Waals surface area contributed by atoms with E-state index in [4.69, 9.17) is 15.5 Å². The number of amides is 1. The summed E-state index contributed by atoms with van der Waals surface area (Å²) < 4.78 is 7.99. The van der Waals surface area contributed by atoms with E-state index in [0.717, 1.165) is 68.0 Å². The highest BCUT2D eigenvalue weighted by Gasteiger charge is 2.35. The number of fused-ring (bicyclic) bond motifs is 2. The molecule has 2 aliphatic rings. The van der Waals surface area contributed by atoms with E-state index in [1.807, 2.05) is 23.1 Å². The molecule has 2 fully saturated rings. The number of carbonyl (C=O) groups is 1. The Bertz CT molecular complexity index is 893. The van der Waals surface area contributed by atoms with Crippen LogP contribution >= 0.6 is 0 Å². The van der Waals surface area contributed by atoms with E-state index in [0.29, 0.717) is 31.2 Å². The van der Waals surface area contributed by atoms with Gasteiger partial charge in [0.15, 0.2) is 0 Å². The van der Waals surface area contributed by atoms with E-state index in [-0.39, 0.29) is 5.91 Å². The molecule has 0 aliphatic carbocycles. The average molecular weight is 414 g/mol. The van der Waals surface area contributed by atoms with Crippen LogP contribution in [-0.4, -0.2) is 76.7 Å². The Morgan fingerprint density at radius 3 is 2.90 bits per heavy atom. The Kier molecular flexibility index (Phi) is 6.41. The summed E-state index contributed by atoms with van der Waals surface area (Å²) in [5.41, 5.74) is 8.51. The minimum Gasteiger partial charge on any atom is -0.378 e. The number of piperazine rings is 1. The summed E-state index contributed by atoms with van der Waals surface area (Å²) in [6, 6.07) is 6.66. The van der Waals surface area contributed by atoms with Gasteiger partial charge in [0.1, 0.15) is 5.82 Å². The van der Waals surface area contributed by atoms with Gasteiger partial charge in [-0.25, -0.2) is 4.98 Å². The van der Waals surface area contributed by atoms with Gasteiger partial charge in [-0.05, 0) is 44.0 Å². The normalized spacial score (nSPS) is 22.6. The van der Waals surface area contributed by atoms with Crippen molar-refractivity contribution in [1.29, 1.82) is 0 Å². The standard InChI is InChI=1S/C23H35N5O2/c1-16(2)11-22-25-20-6-5-18(12-21(20)28(22)8-4-7-24)23(29)26-9-10-27-17(3)14-30-15-19(27)13-26/h5-6,12,16-17,19H,4,7-11,13-15,24H2,1-3H3/t17-,19+/m0/s1. The van der Waals surface area contributed by atoms with Gasteiger partial charge in [-0.3, -0.25) is 9.69 Å². The molecule has 0 radical (unpaired) electrons. The summed E-state index contributed by atoms with van der Waals surface area (Å²) in [6.07, 6.45) is 1.82. The molecule has 1 amide bonds. The predicted octanol–water partition coefficient (Wildman–Crippen LogP) is 2.13. The fourth-order valence-electron chi connectivity index (χ4n) is 4.76. The van der Waals surface area contributed by atoms with Crippen LogP contribution in [0.1, 0.15) is 43.4 Å². The van der Waals surface area contributed by atoms with E-state index in [1.54, 1.807) is 0 Å². The Balaban J connectivity index is 1.58. The molecule has 2 aromatic rings. The van der Waals surface area contributed by atoms with E-state index in [9.17, 15) is 4.79 Å². The number of imidazole rings is 1. The molecule has 4 rings (SSSR count). The lowest BCUT2D eigenvalue weighted by Gasteiger charge is -2.47. The van der Waals surface area contributed by atoms with Gasteiger partial charge < -0.3 is 19.9 Å². The minimum atomic E-state index is 0.103. The number of rotatable bonds is 6. The Hall–Kier alpha value is -1.96. The van der Waals surface area contributed by atoms with Crippen LogP contribution in [0.15, 0.2) is 18.2 Å². The summed E-state index contributed by atoms with van der Waals surface area (Å²) in [5, 5.41) is 0. The van der Waals surface area contributed by atoms with Gasteiger partial charge in [-0.2, -0.15) is 0 Å². The molecule has 0 bridgehead atoms. The van der Waals surface area contributed by atoms with Crippen LogP contribution < -0.4 is 5.73 Å². The highest BCUT2D eigenvalue weighted by Crippen LogP contribution is 2.24. The molecule has 7 nitrogen and oxygen atoms in total. The second kappa shape index (κ2) is 9.04. The van der Waals surface area contributed by atoms with Crippen molar-refractivity contribution in [1.82, 2.24) is 19.4 Å². The van der Waals surface area contributed by atoms with Gasteiger partial charge in [-0.15, -0.1) is 0 Å². The van der Waals surface area contributed by atoms with Gasteiger partial charge in [0, 0.05) is 44.2 Å². The van der Waals surface area contributed by atoms with Crippen molar-refractivity contribution in [3.8, 4) is 0 Å². The summed E-state index contributed by atoms with van der Waals surface area (Å²) >= 11 is 0. The molecule has 2 N–H and O–H groups in total. The molecule has 0 saturated carbocycles. The van der Waals surface area contributed by atoms with Crippen molar-refractivity contribution < 1.29 is 9.53 Å². The third kappa shape index (κ3) is 4.24. The van der Waals surface area contributed by atoms with Crippen molar-refractivity contribution >= 4 is 16.9 Å². The van der Waals surface area contributed by atoms with E-state index >= 15 is 0 Å². The third-order valence-electron chi connectivity index (χ3n) is 6.30. The Labute approximate surface area is 179 Å². The average Bonchev–Trinajstić information content (AvgIpc) is 3.07. The second-order valence-corrected chi connectivity index (χ2v) is 9.15. The molecule has 7 heteroatoms. The lowest BCUT2D eigenvalue weighted by atomic mass is 10.1. The maximum Gasteiger partial charge on any atom is 0.254 e. The highest BCUT2D eigenvalue weighted by atomic mass is 16.5. The monoisotopic (exact) mass is 413 g/mol. The molecular weight excluding hydrogens is 378 g/mol. The third-order valence-corrected chi connectivity index (χ3v) is 6.30. The first-order valence-corrected chi connectivity index (χ1v) is 11.3.